The molecule has 1 fully saturated rings. The van der Waals surface area contributed by atoms with Crippen LogP contribution in [0.1, 0.15) is 31.2 Å². The van der Waals surface area contributed by atoms with Gasteiger partial charge in [0.05, 0.1) is 11.5 Å². The third kappa shape index (κ3) is 2.12. The molecule has 1 aromatic carbocycles. The average Bonchev–Trinajstić information content (AvgIpc) is 2.71. The molecule has 2 nitrogen and oxygen atoms in total. The van der Waals surface area contributed by atoms with Gasteiger partial charge in [-0.15, -0.1) is 0 Å². The SMILES string of the molecule is N#CC1(Cc2ccc(O)cc2)CCCC1. The number of nitrogens with zero attached hydrogens (tertiary/aromatic N) is 1. The average molecular weight is 201 g/mol. The quantitative estimate of drug-likeness (QED) is 0.799. The Morgan fingerprint density at radius 1 is 1.20 bits per heavy atom. The van der Waals surface area contributed by atoms with E-state index in [0.29, 0.717) is 0 Å². The van der Waals surface area contributed by atoms with Crippen LogP contribution < -0.4 is 0 Å². The van der Waals surface area contributed by atoms with Crippen molar-refractivity contribution >= 4 is 0 Å². The van der Waals surface area contributed by atoms with Crippen molar-refractivity contribution in [1.29, 1.82) is 5.26 Å². The minimum absolute atomic E-state index is 0.142. The van der Waals surface area contributed by atoms with Crippen LogP contribution >= 0.6 is 0 Å². The molecule has 0 heterocycles. The van der Waals surface area contributed by atoms with E-state index in [-0.39, 0.29) is 11.2 Å². The second kappa shape index (κ2) is 3.94. The van der Waals surface area contributed by atoms with Crippen molar-refractivity contribution in [3.63, 3.8) is 0 Å². The third-order valence-corrected chi connectivity index (χ3v) is 3.28. The lowest BCUT2D eigenvalue weighted by Crippen LogP contribution is -2.16. The predicted molar refractivity (Wildman–Crippen MR) is 58.3 cm³/mol. The third-order valence-electron chi connectivity index (χ3n) is 3.28. The Balaban J connectivity index is 2.14. The van der Waals surface area contributed by atoms with E-state index in [1.54, 1.807) is 12.1 Å². The molecule has 1 aliphatic rings. The highest BCUT2D eigenvalue weighted by Gasteiger charge is 2.33. The molecule has 0 amide bonds. The second-order valence-corrected chi connectivity index (χ2v) is 4.44. The minimum Gasteiger partial charge on any atom is -0.508 e. The van der Waals surface area contributed by atoms with Gasteiger partial charge < -0.3 is 5.11 Å². The molecule has 0 aliphatic heterocycles. The van der Waals surface area contributed by atoms with Crippen LogP contribution in [-0.4, -0.2) is 5.11 Å². The van der Waals surface area contributed by atoms with Gasteiger partial charge in [-0.1, -0.05) is 25.0 Å². The van der Waals surface area contributed by atoms with E-state index in [1.165, 1.54) is 12.8 Å². The largest absolute Gasteiger partial charge is 0.508 e. The fraction of sp³-hybridized carbons (Fsp3) is 0.462. The number of phenolic OH excluding ortho intramolecular Hbond substituents is 1. The fourth-order valence-corrected chi connectivity index (χ4v) is 2.38. The van der Waals surface area contributed by atoms with Crippen LogP contribution in [0.5, 0.6) is 5.75 Å². The Morgan fingerprint density at radius 3 is 2.33 bits per heavy atom. The molecule has 0 atom stereocenters. The lowest BCUT2D eigenvalue weighted by atomic mass is 9.81. The van der Waals surface area contributed by atoms with Gasteiger partial charge >= 0.3 is 0 Å². The van der Waals surface area contributed by atoms with Crippen LogP contribution in [0.2, 0.25) is 0 Å². The van der Waals surface area contributed by atoms with Crippen molar-refractivity contribution in [1.82, 2.24) is 0 Å². The molecule has 15 heavy (non-hydrogen) atoms. The number of nitriles is 1. The first-order valence-electron chi connectivity index (χ1n) is 5.43. The summed E-state index contributed by atoms with van der Waals surface area (Å²) in [6, 6.07) is 9.68. The Hall–Kier alpha value is -1.49. The maximum absolute atomic E-state index is 9.23. The molecule has 0 aromatic heterocycles. The highest BCUT2D eigenvalue weighted by molar-refractivity contribution is 5.27. The van der Waals surface area contributed by atoms with Crippen LogP contribution in [0.4, 0.5) is 0 Å². The topological polar surface area (TPSA) is 44.0 Å². The summed E-state index contributed by atoms with van der Waals surface area (Å²) in [6.07, 6.45) is 5.20. The number of rotatable bonds is 2. The summed E-state index contributed by atoms with van der Waals surface area (Å²) >= 11 is 0. The normalized spacial score (nSPS) is 18.6. The summed E-state index contributed by atoms with van der Waals surface area (Å²) in [5.41, 5.74) is 1.01. The smallest absolute Gasteiger partial charge is 0.115 e. The maximum atomic E-state index is 9.23. The van der Waals surface area contributed by atoms with Crippen molar-refractivity contribution in [2.45, 2.75) is 32.1 Å². The molecule has 0 spiro atoms. The number of aromatic hydroxyl groups is 1. The number of benzene rings is 1. The minimum atomic E-state index is -0.142. The Morgan fingerprint density at radius 2 is 1.80 bits per heavy atom. The lowest BCUT2D eigenvalue weighted by Gasteiger charge is -2.19. The van der Waals surface area contributed by atoms with E-state index in [0.717, 1.165) is 24.8 Å². The summed E-state index contributed by atoms with van der Waals surface area (Å²) in [7, 11) is 0. The highest BCUT2D eigenvalue weighted by Crippen LogP contribution is 2.40. The van der Waals surface area contributed by atoms with Crippen molar-refractivity contribution in [2.75, 3.05) is 0 Å². The van der Waals surface area contributed by atoms with Gasteiger partial charge in [-0.3, -0.25) is 0 Å². The van der Waals surface area contributed by atoms with Crippen LogP contribution in [-0.2, 0) is 6.42 Å². The first-order chi connectivity index (χ1) is 7.24. The van der Waals surface area contributed by atoms with E-state index < -0.39 is 0 Å². The summed E-state index contributed by atoms with van der Waals surface area (Å²) in [6.45, 7) is 0. The van der Waals surface area contributed by atoms with E-state index in [1.807, 2.05) is 12.1 Å². The molecule has 0 saturated heterocycles. The van der Waals surface area contributed by atoms with E-state index in [9.17, 15) is 10.4 Å². The van der Waals surface area contributed by atoms with Crippen molar-refractivity contribution in [3.8, 4) is 11.8 Å². The zero-order chi connectivity index (χ0) is 10.7. The Bertz CT molecular complexity index is 369. The van der Waals surface area contributed by atoms with Crippen LogP contribution in [0, 0.1) is 16.7 Å². The van der Waals surface area contributed by atoms with E-state index >= 15 is 0 Å². The van der Waals surface area contributed by atoms with E-state index in [2.05, 4.69) is 6.07 Å². The van der Waals surface area contributed by atoms with Crippen LogP contribution in [0.25, 0.3) is 0 Å². The summed E-state index contributed by atoms with van der Waals surface area (Å²) < 4.78 is 0. The standard InChI is InChI=1S/C13H15NO/c14-10-13(7-1-2-8-13)9-11-3-5-12(15)6-4-11/h3-6,15H,1-2,7-9H2. The first-order valence-corrected chi connectivity index (χ1v) is 5.43. The summed E-state index contributed by atoms with van der Waals surface area (Å²) in [5.74, 6) is 0.288. The Kier molecular flexibility index (Phi) is 2.64. The van der Waals surface area contributed by atoms with Crippen molar-refractivity contribution in [3.05, 3.63) is 29.8 Å². The second-order valence-electron chi connectivity index (χ2n) is 4.44. The number of hydrogen-bond acceptors (Lipinski definition) is 2. The molecule has 2 heteroatoms. The zero-order valence-corrected chi connectivity index (χ0v) is 8.74. The fourth-order valence-electron chi connectivity index (χ4n) is 2.38. The van der Waals surface area contributed by atoms with Crippen molar-refractivity contribution < 1.29 is 5.11 Å². The van der Waals surface area contributed by atoms with Gasteiger partial charge in [0.15, 0.2) is 0 Å². The number of phenols is 1. The first kappa shape index (κ1) is 10.0. The number of hydrogen-bond donors (Lipinski definition) is 1. The molecule has 1 saturated carbocycles. The summed E-state index contributed by atoms with van der Waals surface area (Å²) in [5, 5.41) is 18.4. The zero-order valence-electron chi connectivity index (χ0n) is 8.74. The summed E-state index contributed by atoms with van der Waals surface area (Å²) in [4.78, 5) is 0. The molecule has 0 unspecified atom stereocenters. The maximum Gasteiger partial charge on any atom is 0.115 e. The molecule has 1 aliphatic carbocycles. The van der Waals surface area contributed by atoms with Gasteiger partial charge in [0, 0.05) is 0 Å². The monoisotopic (exact) mass is 201 g/mol. The van der Waals surface area contributed by atoms with Gasteiger partial charge in [-0.2, -0.15) is 5.26 Å². The molecule has 1 N–H and O–H groups in total. The molecule has 1 aromatic rings. The van der Waals surface area contributed by atoms with Crippen molar-refractivity contribution in [2.24, 2.45) is 5.41 Å². The van der Waals surface area contributed by atoms with Crippen LogP contribution in [0.3, 0.4) is 0 Å². The van der Waals surface area contributed by atoms with Gasteiger partial charge in [-0.25, -0.2) is 0 Å². The molecule has 2 rings (SSSR count). The van der Waals surface area contributed by atoms with Gasteiger partial charge in [0.1, 0.15) is 5.75 Å². The Labute approximate surface area is 90.2 Å². The van der Waals surface area contributed by atoms with Crippen LogP contribution in [0.15, 0.2) is 24.3 Å². The molecular weight excluding hydrogens is 186 g/mol. The molecular formula is C13H15NO. The molecule has 0 radical (unpaired) electrons. The highest BCUT2D eigenvalue weighted by atomic mass is 16.3. The van der Waals surface area contributed by atoms with E-state index in [4.69, 9.17) is 0 Å². The molecule has 0 bridgehead atoms. The van der Waals surface area contributed by atoms with Gasteiger partial charge in [0.25, 0.3) is 0 Å². The van der Waals surface area contributed by atoms with Gasteiger partial charge in [-0.05, 0) is 37.0 Å². The molecule has 78 valence electrons. The predicted octanol–water partition coefficient (Wildman–Crippen LogP) is 3.02. The lowest BCUT2D eigenvalue weighted by molar-refractivity contribution is 0.407. The van der Waals surface area contributed by atoms with Gasteiger partial charge in [0.2, 0.25) is 0 Å².